The molecule has 0 aromatic carbocycles. The van der Waals surface area contributed by atoms with Crippen molar-refractivity contribution in [3.63, 3.8) is 0 Å². The Kier molecular flexibility index (Phi) is 4.83. The van der Waals surface area contributed by atoms with E-state index in [4.69, 9.17) is 0 Å². The van der Waals surface area contributed by atoms with E-state index in [1.165, 1.54) is 22.9 Å². The Bertz CT molecular complexity index is 485. The fourth-order valence-electron chi connectivity index (χ4n) is 1.65. The number of nitrogens with one attached hydrogen (secondary N) is 1. The maximum atomic E-state index is 3.59. The van der Waals surface area contributed by atoms with Crippen molar-refractivity contribution in [2.24, 2.45) is 0 Å². The van der Waals surface area contributed by atoms with Gasteiger partial charge in [-0.15, -0.1) is 22.7 Å². The Morgan fingerprint density at radius 1 is 1.24 bits per heavy atom. The molecule has 1 atom stereocenters. The van der Waals surface area contributed by atoms with Crippen molar-refractivity contribution < 1.29 is 0 Å². The molecule has 2 aromatic rings. The molecule has 2 rings (SSSR count). The van der Waals surface area contributed by atoms with E-state index < -0.39 is 0 Å². The molecule has 1 nitrogen and oxygen atoms in total. The summed E-state index contributed by atoms with van der Waals surface area (Å²) in [5.74, 6) is 0. The molecule has 0 saturated carbocycles. The summed E-state index contributed by atoms with van der Waals surface area (Å²) >= 11 is 10.8. The Hall–Kier alpha value is 0.320. The number of halogens is 2. The van der Waals surface area contributed by atoms with Crippen LogP contribution in [0.25, 0.3) is 0 Å². The quantitative estimate of drug-likeness (QED) is 0.737. The minimum absolute atomic E-state index is 0.311. The van der Waals surface area contributed by atoms with Crippen LogP contribution in [0.4, 0.5) is 0 Å². The summed E-state index contributed by atoms with van der Waals surface area (Å²) in [6.07, 6.45) is 0. The Balaban J connectivity index is 2.34. The van der Waals surface area contributed by atoms with Crippen molar-refractivity contribution in [2.45, 2.75) is 19.9 Å². The van der Waals surface area contributed by atoms with Gasteiger partial charge in [-0.3, -0.25) is 0 Å². The average Bonchev–Trinajstić information content (AvgIpc) is 2.83. The van der Waals surface area contributed by atoms with Crippen molar-refractivity contribution in [3.05, 3.63) is 41.1 Å². The predicted octanol–water partition coefficient (Wildman–Crippen LogP) is 5.34. The molecule has 2 heterocycles. The third-order valence-corrected chi connectivity index (χ3v) is 6.34. The monoisotopic (exact) mass is 393 g/mol. The second kappa shape index (κ2) is 5.97. The summed E-state index contributed by atoms with van der Waals surface area (Å²) in [6.45, 7) is 5.26. The largest absolute Gasteiger partial charge is 0.305 e. The van der Waals surface area contributed by atoms with Gasteiger partial charge in [-0.2, -0.15) is 0 Å². The van der Waals surface area contributed by atoms with Crippen molar-refractivity contribution in [2.75, 3.05) is 6.54 Å². The second-order valence-corrected chi connectivity index (χ2v) is 8.32. The van der Waals surface area contributed by atoms with Gasteiger partial charge in [-0.05, 0) is 63.5 Å². The van der Waals surface area contributed by atoms with Crippen LogP contribution in [0.5, 0.6) is 0 Å². The van der Waals surface area contributed by atoms with Gasteiger partial charge in [0, 0.05) is 19.1 Å². The van der Waals surface area contributed by atoms with Crippen molar-refractivity contribution in [3.8, 4) is 0 Å². The molecule has 0 saturated heterocycles. The molecule has 2 aromatic heterocycles. The van der Waals surface area contributed by atoms with E-state index in [2.05, 4.69) is 69.2 Å². The van der Waals surface area contributed by atoms with Crippen LogP contribution in [0.1, 0.15) is 27.6 Å². The first kappa shape index (κ1) is 13.7. The lowest BCUT2D eigenvalue weighted by molar-refractivity contribution is 0.648. The van der Waals surface area contributed by atoms with E-state index in [1.54, 1.807) is 11.3 Å². The topological polar surface area (TPSA) is 12.0 Å². The van der Waals surface area contributed by atoms with Gasteiger partial charge in [0.25, 0.3) is 0 Å². The zero-order chi connectivity index (χ0) is 12.4. The maximum absolute atomic E-state index is 3.59. The van der Waals surface area contributed by atoms with Crippen LogP contribution in [0, 0.1) is 6.92 Å². The van der Waals surface area contributed by atoms with Gasteiger partial charge in [-0.25, -0.2) is 0 Å². The first-order chi connectivity index (χ1) is 8.11. The van der Waals surface area contributed by atoms with E-state index in [1.807, 2.05) is 11.3 Å². The summed E-state index contributed by atoms with van der Waals surface area (Å²) in [6, 6.07) is 6.83. The van der Waals surface area contributed by atoms with Crippen LogP contribution in [0.3, 0.4) is 0 Å². The summed E-state index contributed by atoms with van der Waals surface area (Å²) < 4.78 is 2.39. The highest BCUT2D eigenvalue weighted by Crippen LogP contribution is 2.37. The molecule has 0 bridgehead atoms. The van der Waals surface area contributed by atoms with Crippen molar-refractivity contribution >= 4 is 54.5 Å². The summed E-state index contributed by atoms with van der Waals surface area (Å²) in [5, 5.41) is 3.55. The summed E-state index contributed by atoms with van der Waals surface area (Å²) in [4.78, 5) is 4.05. The molecular weight excluding hydrogens is 382 g/mol. The molecule has 0 radical (unpaired) electrons. The average molecular weight is 395 g/mol. The molecular formula is C12H13Br2NS2. The van der Waals surface area contributed by atoms with E-state index >= 15 is 0 Å². The van der Waals surface area contributed by atoms with E-state index in [0.717, 1.165) is 6.54 Å². The number of rotatable bonds is 4. The summed E-state index contributed by atoms with van der Waals surface area (Å²) in [7, 11) is 0. The fourth-order valence-corrected chi connectivity index (χ4v) is 4.90. The third-order valence-electron chi connectivity index (χ3n) is 2.45. The molecule has 0 aliphatic rings. The predicted molar refractivity (Wildman–Crippen MR) is 84.3 cm³/mol. The molecule has 0 aliphatic heterocycles. The lowest BCUT2D eigenvalue weighted by Crippen LogP contribution is -2.20. The first-order valence-corrected chi connectivity index (χ1v) is 8.58. The van der Waals surface area contributed by atoms with Crippen LogP contribution >= 0.6 is 54.5 Å². The standard InChI is InChI=1S/C12H13Br2NS2/c1-3-15-12(9-4-5-11(14)17-9)10-6-8(13)7(2)16-10/h4-6,12,15H,3H2,1-2H3. The van der Waals surface area contributed by atoms with Gasteiger partial charge in [0.1, 0.15) is 0 Å². The van der Waals surface area contributed by atoms with Gasteiger partial charge in [-0.1, -0.05) is 6.92 Å². The van der Waals surface area contributed by atoms with Crippen LogP contribution in [0.2, 0.25) is 0 Å². The van der Waals surface area contributed by atoms with Crippen molar-refractivity contribution in [1.82, 2.24) is 5.32 Å². The van der Waals surface area contributed by atoms with Gasteiger partial charge >= 0.3 is 0 Å². The lowest BCUT2D eigenvalue weighted by Gasteiger charge is -2.14. The molecule has 0 amide bonds. The van der Waals surface area contributed by atoms with Crippen molar-refractivity contribution in [1.29, 1.82) is 0 Å². The molecule has 1 unspecified atom stereocenters. The maximum Gasteiger partial charge on any atom is 0.0765 e. The minimum Gasteiger partial charge on any atom is -0.305 e. The smallest absolute Gasteiger partial charge is 0.0765 e. The Morgan fingerprint density at radius 2 is 2.00 bits per heavy atom. The van der Waals surface area contributed by atoms with Crippen LogP contribution in [-0.2, 0) is 0 Å². The normalized spacial score (nSPS) is 12.9. The van der Waals surface area contributed by atoms with E-state index in [9.17, 15) is 0 Å². The number of thiophene rings is 2. The zero-order valence-corrected chi connectivity index (χ0v) is 14.4. The number of hydrogen-bond donors (Lipinski definition) is 1. The first-order valence-electron chi connectivity index (χ1n) is 5.36. The zero-order valence-electron chi connectivity index (χ0n) is 9.59. The lowest BCUT2D eigenvalue weighted by atomic mass is 10.2. The SMILES string of the molecule is CCNC(c1ccc(Br)s1)c1cc(Br)c(C)s1. The highest BCUT2D eigenvalue weighted by molar-refractivity contribution is 9.11. The van der Waals surface area contributed by atoms with E-state index in [0.29, 0.717) is 6.04 Å². The van der Waals surface area contributed by atoms with Crippen LogP contribution in [-0.4, -0.2) is 6.54 Å². The highest BCUT2D eigenvalue weighted by Gasteiger charge is 2.18. The summed E-state index contributed by atoms with van der Waals surface area (Å²) in [5.41, 5.74) is 0. The third kappa shape index (κ3) is 3.20. The highest BCUT2D eigenvalue weighted by atomic mass is 79.9. The minimum atomic E-state index is 0.311. The van der Waals surface area contributed by atoms with Gasteiger partial charge < -0.3 is 5.32 Å². The Labute approximate surface area is 127 Å². The molecule has 17 heavy (non-hydrogen) atoms. The number of hydrogen-bond acceptors (Lipinski definition) is 3. The molecule has 0 aliphatic carbocycles. The molecule has 0 spiro atoms. The molecule has 5 heteroatoms. The van der Waals surface area contributed by atoms with Gasteiger partial charge in [0.05, 0.1) is 9.83 Å². The Morgan fingerprint density at radius 3 is 2.47 bits per heavy atom. The van der Waals surface area contributed by atoms with Gasteiger partial charge in [0.2, 0.25) is 0 Å². The van der Waals surface area contributed by atoms with E-state index in [-0.39, 0.29) is 0 Å². The van der Waals surface area contributed by atoms with Gasteiger partial charge in [0.15, 0.2) is 0 Å². The second-order valence-electron chi connectivity index (χ2n) is 3.69. The van der Waals surface area contributed by atoms with Crippen LogP contribution < -0.4 is 5.32 Å². The molecule has 92 valence electrons. The molecule has 1 N–H and O–H groups in total. The molecule has 0 fully saturated rings. The number of aryl methyl sites for hydroxylation is 1. The van der Waals surface area contributed by atoms with Crippen LogP contribution in [0.15, 0.2) is 26.5 Å². The fraction of sp³-hybridized carbons (Fsp3) is 0.333.